The molecule has 6 aromatic rings. The van der Waals surface area contributed by atoms with E-state index in [-0.39, 0.29) is 0 Å². The summed E-state index contributed by atoms with van der Waals surface area (Å²) in [6, 6.07) is 21.4. The largest absolute Gasteiger partial charge is 0.437 e. The number of hydrogen-bond donors (Lipinski definition) is 0. The topological polar surface area (TPSA) is 85.8 Å². The van der Waals surface area contributed by atoms with Crippen molar-refractivity contribution >= 4 is 38.2 Å². The van der Waals surface area contributed by atoms with Gasteiger partial charge in [-0.15, -0.1) is 5.10 Å². The van der Waals surface area contributed by atoms with Gasteiger partial charge in [-0.05, 0) is 58.2 Å². The fourth-order valence-electron chi connectivity index (χ4n) is 5.27. The monoisotopic (exact) mass is 579 g/mol. The van der Waals surface area contributed by atoms with Crippen LogP contribution in [0.3, 0.4) is 0 Å². The van der Waals surface area contributed by atoms with E-state index in [0.29, 0.717) is 45.2 Å². The second-order valence-corrected chi connectivity index (χ2v) is 10.6. The minimum Gasteiger partial charge on any atom is -0.437 e. The molecule has 0 fully saturated rings. The quantitative estimate of drug-likeness (QED) is 0.226. The van der Waals surface area contributed by atoms with E-state index in [2.05, 4.69) is 20.9 Å². The first-order chi connectivity index (χ1) is 18.9. The summed E-state index contributed by atoms with van der Waals surface area (Å²) in [5.74, 6) is 0.847. The van der Waals surface area contributed by atoms with Gasteiger partial charge >= 0.3 is 5.63 Å². The van der Waals surface area contributed by atoms with E-state index in [9.17, 15) is 4.79 Å². The Morgan fingerprint density at radius 2 is 1.79 bits per heavy atom. The van der Waals surface area contributed by atoms with Gasteiger partial charge in [0.15, 0.2) is 17.2 Å². The lowest BCUT2D eigenvalue weighted by Crippen LogP contribution is -2.22. The van der Waals surface area contributed by atoms with Crippen LogP contribution >= 0.6 is 15.9 Å². The van der Waals surface area contributed by atoms with Crippen molar-refractivity contribution in [2.24, 2.45) is 0 Å². The first-order valence-electron chi connectivity index (χ1n) is 12.4. The van der Waals surface area contributed by atoms with Crippen LogP contribution < -0.4 is 15.3 Å². The third kappa shape index (κ3) is 3.64. The highest BCUT2D eigenvalue weighted by Crippen LogP contribution is 2.49. The van der Waals surface area contributed by atoms with Crippen LogP contribution in [-0.2, 0) is 0 Å². The van der Waals surface area contributed by atoms with Crippen molar-refractivity contribution in [3.8, 4) is 23.0 Å². The van der Waals surface area contributed by atoms with E-state index in [1.54, 1.807) is 16.9 Å². The summed E-state index contributed by atoms with van der Waals surface area (Å²) >= 11 is 3.72. The van der Waals surface area contributed by atoms with Crippen molar-refractivity contribution in [3.05, 3.63) is 110 Å². The number of ether oxygens (including phenoxy) is 1. The molecule has 0 N–H and O–H groups in total. The molecule has 4 heterocycles. The Hall–Kier alpha value is -4.50. The Kier molecular flexibility index (Phi) is 5.31. The minimum atomic E-state index is -0.553. The minimum absolute atomic E-state index is 0.382. The summed E-state index contributed by atoms with van der Waals surface area (Å²) in [6.45, 7) is 2.02. The second kappa shape index (κ2) is 8.78. The highest BCUT2D eigenvalue weighted by Gasteiger charge is 2.38. The molecule has 1 atom stereocenters. The van der Waals surface area contributed by atoms with Crippen LogP contribution in [0, 0.1) is 6.92 Å². The van der Waals surface area contributed by atoms with E-state index in [1.807, 2.05) is 86.6 Å². The van der Waals surface area contributed by atoms with Crippen LogP contribution in [-0.4, -0.2) is 33.7 Å². The summed E-state index contributed by atoms with van der Waals surface area (Å²) in [5.41, 5.74) is 5.48. The predicted molar refractivity (Wildman–Crippen MR) is 153 cm³/mol. The lowest BCUT2D eigenvalue weighted by Gasteiger charge is -2.28. The van der Waals surface area contributed by atoms with E-state index >= 15 is 0 Å². The smallest absolute Gasteiger partial charge is 0.344 e. The summed E-state index contributed by atoms with van der Waals surface area (Å²) in [5, 5.41) is 5.44. The summed E-state index contributed by atoms with van der Waals surface area (Å²) < 4.78 is 14.7. The van der Waals surface area contributed by atoms with E-state index < -0.39 is 11.5 Å². The normalized spacial score (nSPS) is 14.2. The van der Waals surface area contributed by atoms with Gasteiger partial charge in [-0.1, -0.05) is 42.5 Å². The van der Waals surface area contributed by atoms with Gasteiger partial charge in [0.1, 0.15) is 11.9 Å². The fraction of sp³-hybridized carbons (Fsp3) is 0.133. The number of rotatable bonds is 3. The van der Waals surface area contributed by atoms with Crippen LogP contribution in [0.5, 0.6) is 11.6 Å². The highest BCUT2D eigenvalue weighted by atomic mass is 79.9. The number of halogens is 1. The van der Waals surface area contributed by atoms with Crippen molar-refractivity contribution in [1.29, 1.82) is 0 Å². The molecular weight excluding hydrogens is 558 g/mol. The van der Waals surface area contributed by atoms with Gasteiger partial charge in [0.2, 0.25) is 5.88 Å². The van der Waals surface area contributed by atoms with Gasteiger partial charge in [-0.25, -0.2) is 19.3 Å². The number of aromatic nitrogens is 4. The molecule has 0 bridgehead atoms. The van der Waals surface area contributed by atoms with Crippen LogP contribution in [0.25, 0.3) is 28.0 Å². The number of para-hydroxylation sites is 1. The van der Waals surface area contributed by atoms with Crippen molar-refractivity contribution in [3.63, 3.8) is 0 Å². The Labute approximate surface area is 231 Å². The molecular formula is C30H22BrN5O3. The van der Waals surface area contributed by atoms with E-state index in [4.69, 9.17) is 19.2 Å². The number of anilines is 1. The molecule has 0 radical (unpaired) electrons. The Morgan fingerprint density at radius 1 is 1.00 bits per heavy atom. The van der Waals surface area contributed by atoms with Crippen molar-refractivity contribution in [1.82, 2.24) is 19.6 Å². The Bertz CT molecular complexity index is 2000. The number of aryl methyl sites for hydroxylation is 1. The zero-order chi connectivity index (χ0) is 26.8. The van der Waals surface area contributed by atoms with Gasteiger partial charge in [0, 0.05) is 24.1 Å². The number of nitrogens with zero attached hydrogens (tertiary/aromatic N) is 5. The first-order valence-corrected chi connectivity index (χ1v) is 13.2. The lowest BCUT2D eigenvalue weighted by atomic mass is 9.84. The maximum absolute atomic E-state index is 13.6. The average Bonchev–Trinajstić information content (AvgIpc) is 3.36. The molecule has 39 heavy (non-hydrogen) atoms. The number of hydrogen-bond acceptors (Lipinski definition) is 7. The van der Waals surface area contributed by atoms with Crippen LogP contribution in [0.1, 0.15) is 28.2 Å². The second-order valence-electron chi connectivity index (χ2n) is 9.75. The third-order valence-corrected chi connectivity index (χ3v) is 7.77. The van der Waals surface area contributed by atoms with Crippen LogP contribution in [0.4, 0.5) is 5.69 Å². The maximum atomic E-state index is 13.6. The van der Waals surface area contributed by atoms with E-state index in [0.717, 1.165) is 26.9 Å². The molecule has 1 aliphatic heterocycles. The lowest BCUT2D eigenvalue weighted by molar-refractivity contribution is 0.422. The van der Waals surface area contributed by atoms with Crippen molar-refractivity contribution < 1.29 is 9.15 Å². The van der Waals surface area contributed by atoms with Crippen LogP contribution in [0.15, 0.2) is 86.7 Å². The summed E-state index contributed by atoms with van der Waals surface area (Å²) in [4.78, 5) is 25.2. The zero-order valence-corrected chi connectivity index (χ0v) is 22.9. The maximum Gasteiger partial charge on any atom is 0.344 e. The van der Waals surface area contributed by atoms with E-state index in [1.165, 1.54) is 0 Å². The third-order valence-electron chi connectivity index (χ3n) is 7.13. The highest BCUT2D eigenvalue weighted by molar-refractivity contribution is 9.10. The van der Waals surface area contributed by atoms with Gasteiger partial charge in [0.05, 0.1) is 28.1 Å². The Balaban J connectivity index is 1.55. The molecule has 7 rings (SSSR count). The SMILES string of the molecule is Cc1ccccc1-c1nc2c3c(ncn2n1)Oc1c(c(=O)oc2ccccc12)C3c1ccc(N(C)C)c(Br)c1. The molecule has 3 aromatic carbocycles. The average molecular weight is 580 g/mol. The molecule has 0 spiro atoms. The number of fused-ring (bicyclic) bond motifs is 6. The predicted octanol–water partition coefficient (Wildman–Crippen LogP) is 6.32. The van der Waals surface area contributed by atoms with Crippen LogP contribution in [0.2, 0.25) is 0 Å². The Morgan fingerprint density at radius 3 is 2.59 bits per heavy atom. The zero-order valence-electron chi connectivity index (χ0n) is 21.3. The summed E-state index contributed by atoms with van der Waals surface area (Å²) in [7, 11) is 3.96. The molecule has 1 unspecified atom stereocenters. The number of benzene rings is 3. The molecule has 0 amide bonds. The molecule has 1 aliphatic rings. The van der Waals surface area contributed by atoms with Crippen molar-refractivity contribution in [2.45, 2.75) is 12.8 Å². The van der Waals surface area contributed by atoms with Gasteiger partial charge in [-0.2, -0.15) is 0 Å². The molecule has 9 heteroatoms. The summed E-state index contributed by atoms with van der Waals surface area (Å²) in [6.07, 6.45) is 1.60. The molecule has 3 aromatic heterocycles. The van der Waals surface area contributed by atoms with Gasteiger partial charge < -0.3 is 14.1 Å². The molecule has 0 saturated carbocycles. The molecule has 8 nitrogen and oxygen atoms in total. The van der Waals surface area contributed by atoms with Gasteiger partial charge in [-0.3, -0.25) is 0 Å². The molecule has 0 aliphatic carbocycles. The fourth-order valence-corrected chi connectivity index (χ4v) is 6.02. The standard InChI is InChI=1S/C30H22BrN5O3/c1-16-8-4-5-9-18(16)27-33-28-25-23(17-12-13-21(35(2)3)20(31)14-17)24-26(39-29(25)32-15-36(28)34-27)19-10-6-7-11-22(19)38-30(24)37/h4-15,23H,1-3H3. The molecule has 0 saturated heterocycles. The van der Waals surface area contributed by atoms with Crippen molar-refractivity contribution in [2.75, 3.05) is 19.0 Å². The first kappa shape index (κ1) is 23.6. The van der Waals surface area contributed by atoms with Gasteiger partial charge in [0.25, 0.3) is 0 Å². The molecule has 192 valence electrons.